The molecule has 4 atom stereocenters. The first-order valence-corrected chi connectivity index (χ1v) is 15.1. The van der Waals surface area contributed by atoms with Gasteiger partial charge in [0.15, 0.2) is 5.69 Å². The first-order valence-electron chi connectivity index (χ1n) is 13.9. The summed E-state index contributed by atoms with van der Waals surface area (Å²) < 4.78 is 19.7. The monoisotopic (exact) mass is 629 g/mol. The van der Waals surface area contributed by atoms with Gasteiger partial charge < -0.3 is 19.1 Å². The third-order valence-electron chi connectivity index (χ3n) is 7.86. The lowest BCUT2D eigenvalue weighted by atomic mass is 9.73. The summed E-state index contributed by atoms with van der Waals surface area (Å²) in [7, 11) is 0. The van der Waals surface area contributed by atoms with Crippen LogP contribution in [-0.2, 0) is 11.3 Å². The van der Waals surface area contributed by atoms with E-state index < -0.39 is 29.5 Å². The van der Waals surface area contributed by atoms with Gasteiger partial charge in [-0.25, -0.2) is 4.79 Å². The number of hydrogen-bond donors (Lipinski definition) is 1. The summed E-state index contributed by atoms with van der Waals surface area (Å²) in [4.78, 5) is 13.1. The van der Waals surface area contributed by atoms with Gasteiger partial charge in [0.2, 0.25) is 0 Å². The van der Waals surface area contributed by atoms with Crippen molar-refractivity contribution in [1.82, 2.24) is 14.9 Å². The molecular formula is C31H30Cl3N3O5. The van der Waals surface area contributed by atoms with Crippen LogP contribution in [0.15, 0.2) is 53.2 Å². The molecule has 2 aliphatic carbocycles. The quantitative estimate of drug-likeness (QED) is 0.151. The van der Waals surface area contributed by atoms with Gasteiger partial charge in [-0.1, -0.05) is 52.6 Å². The van der Waals surface area contributed by atoms with E-state index in [9.17, 15) is 9.90 Å². The molecule has 11 heteroatoms. The predicted octanol–water partition coefficient (Wildman–Crippen LogP) is 7.48. The number of rotatable bonds is 9. The molecule has 0 radical (unpaired) electrons. The van der Waals surface area contributed by atoms with Crippen LogP contribution < -0.4 is 4.74 Å². The maximum absolute atomic E-state index is 13.1. The van der Waals surface area contributed by atoms with Crippen molar-refractivity contribution in [2.45, 2.75) is 75.7 Å². The Kier molecular flexibility index (Phi) is 8.00. The minimum Gasteiger partial charge on any atom is -0.488 e. The minimum atomic E-state index is -0.946. The second-order valence-corrected chi connectivity index (χ2v) is 12.5. The maximum atomic E-state index is 13.1. The number of nitrogens with zero attached hydrogens (tertiary/aromatic N) is 3. The predicted molar refractivity (Wildman–Crippen MR) is 160 cm³/mol. The molecule has 1 N–H and O–H groups in total. The Morgan fingerprint density at radius 1 is 1.14 bits per heavy atom. The maximum Gasteiger partial charge on any atom is 0.359 e. The number of aryl methyl sites for hydroxylation is 1. The standard InChI is InChI=1S/C31H30Cl3N3O5/c1-15(2)37-13-16(3)26(35-37)31(39)41-30-23(28(38)25(30)34)18-7-4-5-10-22(18)40-14-19-27(36-42-29(19)17-11-12-17)24-20(32)8-6-9-21(24)33/h4-10,13,15,17,23,25,28,30,38H,11-12,14H2,1-3H3/t23?,25?,28-,30-/m0/s1. The van der Waals surface area contributed by atoms with Gasteiger partial charge in [-0.3, -0.25) is 4.68 Å². The molecule has 6 rings (SSSR count). The molecule has 8 nitrogen and oxygen atoms in total. The minimum absolute atomic E-state index is 0.0913. The SMILES string of the molecule is Cc1cn(C(C)C)nc1C(=O)O[C@@H]1C(Cl)[C@@H](O)C1c1ccccc1OCc1c(-c2c(Cl)cccc2Cl)noc1C1CC1. The Morgan fingerprint density at radius 2 is 1.86 bits per heavy atom. The number of aliphatic hydroxyl groups excluding tert-OH is 1. The molecule has 0 bridgehead atoms. The molecule has 2 aromatic heterocycles. The van der Waals surface area contributed by atoms with Gasteiger partial charge in [0, 0.05) is 34.8 Å². The van der Waals surface area contributed by atoms with E-state index in [2.05, 4.69) is 10.3 Å². The van der Waals surface area contributed by atoms with Crippen LogP contribution in [0, 0.1) is 6.92 Å². The Labute approximate surface area is 258 Å². The number of ether oxygens (including phenoxy) is 2. The molecular weight excluding hydrogens is 601 g/mol. The lowest BCUT2D eigenvalue weighted by Crippen LogP contribution is -2.57. The lowest BCUT2D eigenvalue weighted by molar-refractivity contribution is -0.0642. The first kappa shape index (κ1) is 29.1. The van der Waals surface area contributed by atoms with Crippen molar-refractivity contribution in [2.75, 3.05) is 0 Å². The molecule has 0 amide bonds. The van der Waals surface area contributed by atoms with E-state index >= 15 is 0 Å². The van der Waals surface area contributed by atoms with Crippen LogP contribution in [0.2, 0.25) is 10.0 Å². The van der Waals surface area contributed by atoms with Crippen molar-refractivity contribution in [3.05, 3.63) is 86.9 Å². The van der Waals surface area contributed by atoms with Crippen LogP contribution in [0.4, 0.5) is 0 Å². The van der Waals surface area contributed by atoms with Crippen LogP contribution in [0.3, 0.4) is 0 Å². The summed E-state index contributed by atoms with van der Waals surface area (Å²) in [5, 5.41) is 19.8. The van der Waals surface area contributed by atoms with Crippen LogP contribution in [0.5, 0.6) is 5.75 Å². The van der Waals surface area contributed by atoms with Crippen LogP contribution >= 0.6 is 34.8 Å². The Bertz CT molecular complexity index is 1610. The number of carbonyl (C=O) groups excluding carboxylic acids is 1. The smallest absolute Gasteiger partial charge is 0.359 e. The third kappa shape index (κ3) is 5.30. The molecule has 0 aliphatic heterocycles. The Morgan fingerprint density at radius 3 is 2.52 bits per heavy atom. The van der Waals surface area contributed by atoms with Crippen molar-refractivity contribution in [2.24, 2.45) is 0 Å². The molecule has 0 spiro atoms. The number of halogens is 3. The zero-order chi connectivity index (χ0) is 29.7. The van der Waals surface area contributed by atoms with Gasteiger partial charge in [-0.15, -0.1) is 11.6 Å². The number of aromatic nitrogens is 3. The Hall–Kier alpha value is -3.04. The highest BCUT2D eigenvalue weighted by atomic mass is 35.5. The molecule has 42 heavy (non-hydrogen) atoms. The van der Waals surface area contributed by atoms with E-state index in [1.807, 2.05) is 45.0 Å². The Balaban J connectivity index is 1.26. The molecule has 2 heterocycles. The fourth-order valence-corrected chi connectivity index (χ4v) is 6.29. The van der Waals surface area contributed by atoms with Crippen LogP contribution in [0.1, 0.15) is 77.5 Å². The zero-order valence-corrected chi connectivity index (χ0v) is 25.5. The highest BCUT2D eigenvalue weighted by Gasteiger charge is 2.53. The van der Waals surface area contributed by atoms with E-state index in [-0.39, 0.29) is 24.3 Å². The van der Waals surface area contributed by atoms with E-state index in [0.717, 1.165) is 24.2 Å². The van der Waals surface area contributed by atoms with Gasteiger partial charge in [0.25, 0.3) is 0 Å². The molecule has 2 saturated carbocycles. The first-order chi connectivity index (χ1) is 20.2. The molecule has 2 aliphatic rings. The van der Waals surface area contributed by atoms with Crippen molar-refractivity contribution in [3.8, 4) is 17.0 Å². The largest absolute Gasteiger partial charge is 0.488 e. The molecule has 4 aromatic rings. The topological polar surface area (TPSA) is 99.6 Å². The molecule has 2 aromatic carbocycles. The van der Waals surface area contributed by atoms with E-state index in [4.69, 9.17) is 48.8 Å². The molecule has 0 saturated heterocycles. The highest BCUT2D eigenvalue weighted by molar-refractivity contribution is 6.39. The third-order valence-corrected chi connectivity index (χ3v) is 9.00. The summed E-state index contributed by atoms with van der Waals surface area (Å²) in [6, 6.07) is 12.7. The van der Waals surface area contributed by atoms with Crippen molar-refractivity contribution in [1.29, 1.82) is 0 Å². The number of hydrogen-bond acceptors (Lipinski definition) is 7. The van der Waals surface area contributed by atoms with E-state index in [1.165, 1.54) is 0 Å². The lowest BCUT2D eigenvalue weighted by Gasteiger charge is -2.45. The normalized spacial score (nSPS) is 21.8. The van der Waals surface area contributed by atoms with Crippen molar-refractivity contribution < 1.29 is 23.9 Å². The fourth-order valence-electron chi connectivity index (χ4n) is 5.35. The summed E-state index contributed by atoms with van der Waals surface area (Å²) in [6.07, 6.45) is 2.08. The van der Waals surface area contributed by atoms with Crippen molar-refractivity contribution >= 4 is 40.8 Å². The summed E-state index contributed by atoms with van der Waals surface area (Å²) >= 11 is 19.5. The number of benzene rings is 2. The van der Waals surface area contributed by atoms with Crippen LogP contribution in [-0.4, -0.2) is 43.6 Å². The summed E-state index contributed by atoms with van der Waals surface area (Å²) in [5.74, 6) is 0.357. The van der Waals surface area contributed by atoms with Gasteiger partial charge in [0.1, 0.15) is 29.9 Å². The van der Waals surface area contributed by atoms with Gasteiger partial charge >= 0.3 is 5.97 Å². The van der Waals surface area contributed by atoms with Crippen LogP contribution in [0.25, 0.3) is 11.3 Å². The van der Waals surface area contributed by atoms with Crippen molar-refractivity contribution in [3.63, 3.8) is 0 Å². The molecule has 2 fully saturated rings. The second-order valence-electron chi connectivity index (χ2n) is 11.1. The van der Waals surface area contributed by atoms with Gasteiger partial charge in [-0.05, 0) is 51.8 Å². The molecule has 2 unspecified atom stereocenters. The fraction of sp³-hybridized carbons (Fsp3) is 0.387. The number of aliphatic hydroxyl groups is 1. The second kappa shape index (κ2) is 11.6. The van der Waals surface area contributed by atoms with E-state index in [1.54, 1.807) is 29.1 Å². The van der Waals surface area contributed by atoms with Gasteiger partial charge in [-0.2, -0.15) is 5.10 Å². The van der Waals surface area contributed by atoms with Gasteiger partial charge in [0.05, 0.1) is 33.0 Å². The number of esters is 1. The number of carbonyl (C=O) groups is 1. The molecule has 220 valence electrons. The highest BCUT2D eigenvalue weighted by Crippen LogP contribution is 2.48. The average Bonchev–Trinajstić information content (AvgIpc) is 3.61. The average molecular weight is 631 g/mol. The number of alkyl halides is 1. The number of para-hydroxylation sites is 1. The summed E-state index contributed by atoms with van der Waals surface area (Å²) in [5.41, 5.74) is 3.50. The van der Waals surface area contributed by atoms with E-state index in [0.29, 0.717) is 38.2 Å². The summed E-state index contributed by atoms with van der Waals surface area (Å²) in [6.45, 7) is 5.89. The zero-order valence-electron chi connectivity index (χ0n) is 23.3.